The average Bonchev–Trinajstić information content (AvgIpc) is 2.64. The van der Waals surface area contributed by atoms with Gasteiger partial charge in [-0.1, -0.05) is 44.5 Å². The van der Waals surface area contributed by atoms with E-state index in [9.17, 15) is 4.79 Å². The number of anilines is 1. The zero-order valence-corrected chi connectivity index (χ0v) is 17.7. The number of hydrogen-bond donors (Lipinski definition) is 3. The first-order valence-corrected chi connectivity index (χ1v) is 9.52. The van der Waals surface area contributed by atoms with Gasteiger partial charge in [0, 0.05) is 16.6 Å². The summed E-state index contributed by atoms with van der Waals surface area (Å²) in [6, 6.07) is 10.7. The number of aliphatic imine (C=N–C) groups is 1. The van der Waals surface area contributed by atoms with Gasteiger partial charge in [0.1, 0.15) is 6.17 Å². The second kappa shape index (κ2) is 9.89. The monoisotopic (exact) mass is 412 g/mol. The van der Waals surface area contributed by atoms with Crippen molar-refractivity contribution < 1.29 is 4.79 Å². The van der Waals surface area contributed by atoms with Crippen LogP contribution >= 0.6 is 11.6 Å². The van der Waals surface area contributed by atoms with Gasteiger partial charge in [0.05, 0.1) is 17.8 Å². The summed E-state index contributed by atoms with van der Waals surface area (Å²) in [5.41, 5.74) is 1.94. The first-order valence-electron chi connectivity index (χ1n) is 9.14. The minimum atomic E-state index is -0.567. The Balaban J connectivity index is 2.20. The smallest absolute Gasteiger partial charge is 0.226 e. The molecular formula is C21H25ClN6O. The fourth-order valence-corrected chi connectivity index (χ4v) is 2.58. The van der Waals surface area contributed by atoms with Crippen molar-refractivity contribution in [2.24, 2.45) is 10.4 Å². The molecule has 0 saturated carbocycles. The third-order valence-corrected chi connectivity index (χ3v) is 4.34. The lowest BCUT2D eigenvalue weighted by molar-refractivity contribution is -0.121. The number of rotatable bonds is 5. The van der Waals surface area contributed by atoms with Crippen molar-refractivity contribution in [3.05, 3.63) is 58.9 Å². The zero-order chi connectivity index (χ0) is 21.4. The lowest BCUT2D eigenvalue weighted by Gasteiger charge is -2.29. The van der Waals surface area contributed by atoms with Crippen LogP contribution in [0.3, 0.4) is 0 Å². The summed E-state index contributed by atoms with van der Waals surface area (Å²) in [5.74, 6) is 0.0557. The molecule has 0 aliphatic carbocycles. The van der Waals surface area contributed by atoms with E-state index in [0.29, 0.717) is 10.7 Å². The number of aromatic nitrogens is 1. The number of aryl methyl sites for hydroxylation is 1. The van der Waals surface area contributed by atoms with Crippen LogP contribution in [0.15, 0.2) is 47.6 Å². The Hall–Kier alpha value is -3.11. The minimum absolute atomic E-state index is 0.176. The van der Waals surface area contributed by atoms with E-state index in [1.54, 1.807) is 24.4 Å². The molecule has 1 aromatic heterocycles. The van der Waals surface area contributed by atoms with Crippen molar-refractivity contribution >= 4 is 29.2 Å². The van der Waals surface area contributed by atoms with Gasteiger partial charge in [-0.3, -0.25) is 15.1 Å². The van der Waals surface area contributed by atoms with Gasteiger partial charge in [-0.05, 0) is 36.8 Å². The Morgan fingerprint density at radius 2 is 1.97 bits per heavy atom. The molecular weight excluding hydrogens is 388 g/mol. The number of benzene rings is 1. The Morgan fingerprint density at radius 3 is 2.55 bits per heavy atom. The molecule has 0 aliphatic rings. The normalized spacial score (nSPS) is 12.6. The number of nitriles is 1. The number of hydrogen-bond acceptors (Lipinski definition) is 4. The third kappa shape index (κ3) is 7.09. The molecule has 152 valence electrons. The van der Waals surface area contributed by atoms with Crippen LogP contribution in [-0.4, -0.2) is 23.0 Å². The highest BCUT2D eigenvalue weighted by atomic mass is 35.5. The second-order valence-electron chi connectivity index (χ2n) is 7.62. The Kier molecular flexibility index (Phi) is 7.57. The molecule has 0 aliphatic heterocycles. The first kappa shape index (κ1) is 22.2. The molecule has 0 fully saturated rings. The van der Waals surface area contributed by atoms with Crippen molar-refractivity contribution in [2.45, 2.75) is 40.3 Å². The first-order chi connectivity index (χ1) is 13.7. The number of guanidine groups is 1. The lowest BCUT2D eigenvalue weighted by Crippen LogP contribution is -2.45. The van der Waals surface area contributed by atoms with Gasteiger partial charge >= 0.3 is 0 Å². The topological polar surface area (TPSA) is 102 Å². The van der Waals surface area contributed by atoms with Gasteiger partial charge in [-0.15, -0.1) is 0 Å². The van der Waals surface area contributed by atoms with Gasteiger partial charge < -0.3 is 10.6 Å². The number of pyridine rings is 1. The number of carbonyl (C=O) groups is 1. The Labute approximate surface area is 176 Å². The van der Waals surface area contributed by atoms with Crippen LogP contribution in [0.4, 0.5) is 5.69 Å². The number of carbonyl (C=O) groups excluding carboxylic acids is 1. The molecule has 0 bridgehead atoms. The highest BCUT2D eigenvalue weighted by Gasteiger charge is 2.26. The van der Waals surface area contributed by atoms with Crippen molar-refractivity contribution in [1.29, 1.82) is 5.26 Å². The predicted octanol–water partition coefficient (Wildman–Crippen LogP) is 3.61. The van der Waals surface area contributed by atoms with Crippen LogP contribution in [0, 0.1) is 23.8 Å². The fraction of sp³-hybridized carbons (Fsp3) is 0.333. The Bertz CT molecular complexity index is 912. The second-order valence-corrected chi connectivity index (χ2v) is 8.05. The van der Waals surface area contributed by atoms with Crippen LogP contribution in [0.2, 0.25) is 5.02 Å². The molecule has 0 saturated heterocycles. The summed E-state index contributed by atoms with van der Waals surface area (Å²) in [7, 11) is 0. The molecule has 7 nitrogen and oxygen atoms in total. The number of nitrogens with zero attached hydrogens (tertiary/aromatic N) is 3. The zero-order valence-electron chi connectivity index (χ0n) is 17.0. The number of nitrogens with one attached hydrogen (secondary N) is 3. The summed E-state index contributed by atoms with van der Waals surface area (Å²) in [4.78, 5) is 21.4. The molecule has 0 radical (unpaired) electrons. The molecule has 0 spiro atoms. The maximum atomic E-state index is 12.6. The number of amides is 1. The van der Waals surface area contributed by atoms with E-state index in [1.807, 2.05) is 52.1 Å². The van der Waals surface area contributed by atoms with E-state index in [4.69, 9.17) is 16.9 Å². The Morgan fingerprint density at radius 1 is 1.28 bits per heavy atom. The third-order valence-electron chi connectivity index (χ3n) is 4.09. The number of halogens is 1. The molecule has 1 amide bonds. The maximum absolute atomic E-state index is 12.6. The minimum Gasteiger partial charge on any atom is -0.333 e. The summed E-state index contributed by atoms with van der Waals surface area (Å²) in [6.45, 7) is 7.73. The van der Waals surface area contributed by atoms with E-state index in [2.05, 4.69) is 25.9 Å². The van der Waals surface area contributed by atoms with E-state index in [1.165, 1.54) is 0 Å². The van der Waals surface area contributed by atoms with E-state index >= 15 is 0 Å². The molecule has 29 heavy (non-hydrogen) atoms. The van der Waals surface area contributed by atoms with Crippen LogP contribution in [0.1, 0.15) is 32.0 Å². The SMILES string of the molecule is Cc1ncccc1NC(=N[C@@H](NC(=O)Cc1ccc(Cl)cc1)C(C)(C)C)NC#N. The molecule has 0 unspecified atom stereocenters. The van der Waals surface area contributed by atoms with Gasteiger partial charge in [0.2, 0.25) is 11.9 Å². The van der Waals surface area contributed by atoms with E-state index in [0.717, 1.165) is 11.3 Å². The highest BCUT2D eigenvalue weighted by molar-refractivity contribution is 6.30. The van der Waals surface area contributed by atoms with E-state index in [-0.39, 0.29) is 23.7 Å². The summed E-state index contributed by atoms with van der Waals surface area (Å²) in [6.07, 6.45) is 3.20. The van der Waals surface area contributed by atoms with Crippen molar-refractivity contribution in [1.82, 2.24) is 15.6 Å². The average molecular weight is 413 g/mol. The maximum Gasteiger partial charge on any atom is 0.226 e. The predicted molar refractivity (Wildman–Crippen MR) is 115 cm³/mol. The van der Waals surface area contributed by atoms with Crippen LogP contribution in [0.5, 0.6) is 0 Å². The van der Waals surface area contributed by atoms with E-state index < -0.39 is 6.17 Å². The molecule has 3 N–H and O–H groups in total. The molecule has 2 rings (SSSR count). The fourth-order valence-electron chi connectivity index (χ4n) is 2.46. The van der Waals surface area contributed by atoms with Gasteiger partial charge in [-0.2, -0.15) is 5.26 Å². The van der Waals surface area contributed by atoms with Gasteiger partial charge in [0.25, 0.3) is 0 Å². The molecule has 2 aromatic rings. The standard InChI is InChI=1S/C21H25ClN6O/c1-14-17(6-5-11-24-14)26-20(25-13-23)28-19(21(2,3)4)27-18(29)12-15-7-9-16(22)10-8-15/h5-11,19H,12H2,1-4H3,(H,27,29)(H2,25,26,28)/t19-/m1/s1. The molecule has 1 aromatic carbocycles. The largest absolute Gasteiger partial charge is 0.333 e. The van der Waals surface area contributed by atoms with Crippen molar-refractivity contribution in [2.75, 3.05) is 5.32 Å². The van der Waals surface area contributed by atoms with Gasteiger partial charge in [0.15, 0.2) is 6.19 Å². The summed E-state index contributed by atoms with van der Waals surface area (Å²) >= 11 is 5.89. The lowest BCUT2D eigenvalue weighted by atomic mass is 9.92. The summed E-state index contributed by atoms with van der Waals surface area (Å²) in [5, 5.41) is 18.3. The van der Waals surface area contributed by atoms with Crippen LogP contribution < -0.4 is 16.0 Å². The quantitative estimate of drug-likeness (QED) is 0.301. The molecule has 8 heteroatoms. The summed E-state index contributed by atoms with van der Waals surface area (Å²) < 4.78 is 0. The highest BCUT2D eigenvalue weighted by Crippen LogP contribution is 2.21. The van der Waals surface area contributed by atoms with Gasteiger partial charge in [-0.25, -0.2) is 4.99 Å². The van der Waals surface area contributed by atoms with Crippen molar-refractivity contribution in [3.63, 3.8) is 0 Å². The van der Waals surface area contributed by atoms with Crippen molar-refractivity contribution in [3.8, 4) is 6.19 Å². The molecule has 1 heterocycles. The van der Waals surface area contributed by atoms with Crippen LogP contribution in [0.25, 0.3) is 0 Å². The molecule has 1 atom stereocenters. The van der Waals surface area contributed by atoms with Crippen LogP contribution in [-0.2, 0) is 11.2 Å².